The van der Waals surface area contributed by atoms with Gasteiger partial charge in [-0.25, -0.2) is 0 Å². The summed E-state index contributed by atoms with van der Waals surface area (Å²) in [6, 6.07) is 4.06. The highest BCUT2D eigenvalue weighted by Gasteiger charge is 2.12. The van der Waals surface area contributed by atoms with Gasteiger partial charge in [0.05, 0.1) is 10.8 Å². The van der Waals surface area contributed by atoms with E-state index in [0.717, 1.165) is 6.54 Å². The fourth-order valence-electron chi connectivity index (χ4n) is 1.73. The number of carbonyl (C=O) groups is 1. The molecule has 6 nitrogen and oxygen atoms in total. The van der Waals surface area contributed by atoms with Crippen LogP contribution in [0.3, 0.4) is 0 Å². The number of thioether (sulfide) groups is 1. The summed E-state index contributed by atoms with van der Waals surface area (Å²) in [5.74, 6) is 0.195. The maximum Gasteiger partial charge on any atom is 0.387 e. The lowest BCUT2D eigenvalue weighted by Gasteiger charge is -2.09. The minimum Gasteiger partial charge on any atom is -0.433 e. The lowest BCUT2D eigenvalue weighted by atomic mass is 10.2. The topological polar surface area (TPSA) is 76.1 Å². The van der Waals surface area contributed by atoms with Crippen LogP contribution in [-0.2, 0) is 4.79 Å². The SMILES string of the molecule is CC(C)CNc1nnc(SCC(=O)Nc2ccc(OC(F)F)c(Cl)c2)s1. The van der Waals surface area contributed by atoms with E-state index < -0.39 is 6.61 Å². The molecule has 2 aromatic rings. The van der Waals surface area contributed by atoms with Crippen LogP contribution in [0.2, 0.25) is 5.02 Å². The fourth-order valence-corrected chi connectivity index (χ4v) is 3.51. The maximum absolute atomic E-state index is 12.2. The van der Waals surface area contributed by atoms with Crippen molar-refractivity contribution in [3.8, 4) is 5.75 Å². The Morgan fingerprint density at radius 3 is 2.81 bits per heavy atom. The number of carbonyl (C=O) groups excluding carboxylic acids is 1. The largest absolute Gasteiger partial charge is 0.433 e. The van der Waals surface area contributed by atoms with E-state index in [-0.39, 0.29) is 22.4 Å². The Morgan fingerprint density at radius 1 is 1.38 bits per heavy atom. The molecule has 0 atom stereocenters. The van der Waals surface area contributed by atoms with E-state index in [0.29, 0.717) is 21.1 Å². The zero-order valence-electron chi connectivity index (χ0n) is 14.0. The molecule has 2 rings (SSSR count). The lowest BCUT2D eigenvalue weighted by molar-refractivity contribution is -0.113. The van der Waals surface area contributed by atoms with Gasteiger partial charge in [-0.1, -0.05) is 48.5 Å². The van der Waals surface area contributed by atoms with Crippen molar-refractivity contribution in [3.63, 3.8) is 0 Å². The molecule has 11 heteroatoms. The molecule has 0 aliphatic heterocycles. The first-order valence-corrected chi connectivity index (χ1v) is 9.76. The van der Waals surface area contributed by atoms with Gasteiger partial charge in [0.15, 0.2) is 4.34 Å². The highest BCUT2D eigenvalue weighted by atomic mass is 35.5. The van der Waals surface area contributed by atoms with E-state index in [1.807, 2.05) is 0 Å². The summed E-state index contributed by atoms with van der Waals surface area (Å²) in [5, 5.41) is 14.5. The Morgan fingerprint density at radius 2 is 2.15 bits per heavy atom. The molecule has 0 fully saturated rings. The molecule has 0 aliphatic rings. The Kier molecular flexibility index (Phi) is 7.85. The molecule has 1 aromatic heterocycles. The van der Waals surface area contributed by atoms with Crippen LogP contribution in [0.4, 0.5) is 19.6 Å². The summed E-state index contributed by atoms with van der Waals surface area (Å²) in [6.07, 6.45) is 0. The summed E-state index contributed by atoms with van der Waals surface area (Å²) in [5.41, 5.74) is 0.388. The molecule has 0 saturated carbocycles. The minimum absolute atomic E-state index is 0.0132. The van der Waals surface area contributed by atoms with E-state index in [2.05, 4.69) is 39.4 Å². The van der Waals surface area contributed by atoms with Crippen LogP contribution in [0.25, 0.3) is 0 Å². The molecule has 1 heterocycles. The van der Waals surface area contributed by atoms with Gasteiger partial charge in [-0.15, -0.1) is 10.2 Å². The smallest absolute Gasteiger partial charge is 0.387 e. The highest BCUT2D eigenvalue weighted by Crippen LogP contribution is 2.29. The van der Waals surface area contributed by atoms with Crippen LogP contribution in [-0.4, -0.2) is 35.0 Å². The number of benzene rings is 1. The Hall–Kier alpha value is -1.65. The molecule has 1 aromatic carbocycles. The van der Waals surface area contributed by atoms with Crippen molar-refractivity contribution in [3.05, 3.63) is 23.2 Å². The molecule has 0 unspecified atom stereocenters. The zero-order chi connectivity index (χ0) is 19.1. The third-order valence-corrected chi connectivity index (χ3v) is 5.14. The standard InChI is InChI=1S/C15H17ClF2N4O2S2/c1-8(2)6-19-14-21-22-15(26-14)25-7-12(23)20-9-3-4-11(10(16)5-9)24-13(17)18/h3-5,8,13H,6-7H2,1-2H3,(H,19,21)(H,20,23). The van der Waals surface area contributed by atoms with Crippen molar-refractivity contribution in [2.45, 2.75) is 24.8 Å². The van der Waals surface area contributed by atoms with Gasteiger partial charge < -0.3 is 15.4 Å². The van der Waals surface area contributed by atoms with Crippen LogP contribution >= 0.6 is 34.7 Å². The number of ether oxygens (including phenoxy) is 1. The summed E-state index contributed by atoms with van der Waals surface area (Å²) < 4.78 is 29.3. The molecule has 1 amide bonds. The average Bonchev–Trinajstić information content (AvgIpc) is 3.01. The molecule has 0 aliphatic carbocycles. The van der Waals surface area contributed by atoms with Gasteiger partial charge in [0, 0.05) is 12.2 Å². The zero-order valence-corrected chi connectivity index (χ0v) is 16.4. The van der Waals surface area contributed by atoms with Gasteiger partial charge in [0.1, 0.15) is 5.75 Å². The van der Waals surface area contributed by atoms with Crippen LogP contribution in [0.5, 0.6) is 5.75 Å². The number of rotatable bonds is 9. The van der Waals surface area contributed by atoms with Gasteiger partial charge in [0.25, 0.3) is 0 Å². The lowest BCUT2D eigenvalue weighted by Crippen LogP contribution is -2.14. The van der Waals surface area contributed by atoms with Crippen molar-refractivity contribution in [2.24, 2.45) is 5.92 Å². The third kappa shape index (κ3) is 6.93. The van der Waals surface area contributed by atoms with Gasteiger partial charge in [-0.05, 0) is 24.1 Å². The molecule has 0 radical (unpaired) electrons. The van der Waals surface area contributed by atoms with E-state index >= 15 is 0 Å². The summed E-state index contributed by atoms with van der Waals surface area (Å²) in [6.45, 7) is 2.02. The minimum atomic E-state index is -2.96. The third-order valence-electron chi connectivity index (χ3n) is 2.83. The first kappa shape index (κ1) is 20.7. The maximum atomic E-state index is 12.2. The first-order chi connectivity index (χ1) is 12.3. The Bertz CT molecular complexity index is 746. The Labute approximate surface area is 162 Å². The molecule has 2 N–H and O–H groups in total. The quantitative estimate of drug-likeness (QED) is 0.575. The van der Waals surface area contributed by atoms with Crippen molar-refractivity contribution >= 4 is 51.4 Å². The monoisotopic (exact) mass is 422 g/mol. The van der Waals surface area contributed by atoms with Gasteiger partial charge in [-0.3, -0.25) is 4.79 Å². The number of aromatic nitrogens is 2. The number of alkyl halides is 2. The van der Waals surface area contributed by atoms with Crippen molar-refractivity contribution in [1.82, 2.24) is 10.2 Å². The van der Waals surface area contributed by atoms with Crippen molar-refractivity contribution < 1.29 is 18.3 Å². The number of nitrogens with zero attached hydrogens (tertiary/aromatic N) is 2. The molecule has 26 heavy (non-hydrogen) atoms. The van der Waals surface area contributed by atoms with Gasteiger partial charge in [-0.2, -0.15) is 8.78 Å². The van der Waals surface area contributed by atoms with Crippen LogP contribution < -0.4 is 15.4 Å². The fraction of sp³-hybridized carbons (Fsp3) is 0.400. The first-order valence-electron chi connectivity index (χ1n) is 7.58. The number of anilines is 2. The molecule has 0 spiro atoms. The van der Waals surface area contributed by atoms with Crippen LogP contribution in [0, 0.1) is 5.92 Å². The number of amides is 1. The molecular formula is C15H17ClF2N4O2S2. The van der Waals surface area contributed by atoms with Crippen molar-refractivity contribution in [1.29, 1.82) is 0 Å². The molecule has 0 bridgehead atoms. The van der Waals surface area contributed by atoms with Crippen LogP contribution in [0.15, 0.2) is 22.5 Å². The molecule has 0 saturated heterocycles. The number of nitrogens with one attached hydrogen (secondary N) is 2. The second-order valence-corrected chi connectivity index (χ2v) is 8.12. The van der Waals surface area contributed by atoms with Gasteiger partial charge in [0.2, 0.25) is 11.0 Å². The summed E-state index contributed by atoms with van der Waals surface area (Å²) in [7, 11) is 0. The Balaban J connectivity index is 1.82. The summed E-state index contributed by atoms with van der Waals surface area (Å²) in [4.78, 5) is 12.0. The van der Waals surface area contributed by atoms with Crippen LogP contribution in [0.1, 0.15) is 13.8 Å². The number of halogens is 3. The van der Waals surface area contributed by atoms with Gasteiger partial charge >= 0.3 is 6.61 Å². The second-order valence-electron chi connectivity index (χ2n) is 5.51. The predicted molar refractivity (Wildman–Crippen MR) is 101 cm³/mol. The second kappa shape index (κ2) is 9.89. The van der Waals surface area contributed by atoms with E-state index in [1.54, 1.807) is 0 Å². The summed E-state index contributed by atoms with van der Waals surface area (Å²) >= 11 is 8.47. The number of hydrogen-bond donors (Lipinski definition) is 2. The highest BCUT2D eigenvalue weighted by molar-refractivity contribution is 8.01. The average molecular weight is 423 g/mol. The molecular weight excluding hydrogens is 406 g/mol. The normalized spacial score (nSPS) is 11.0. The van der Waals surface area contributed by atoms with Crippen molar-refractivity contribution in [2.75, 3.05) is 22.9 Å². The van der Waals surface area contributed by atoms with E-state index in [9.17, 15) is 13.6 Å². The van der Waals surface area contributed by atoms with E-state index in [4.69, 9.17) is 11.6 Å². The molecule has 142 valence electrons. The predicted octanol–water partition coefficient (Wildman–Crippen LogP) is 4.59. The number of hydrogen-bond acceptors (Lipinski definition) is 7. The van der Waals surface area contributed by atoms with E-state index in [1.165, 1.54) is 41.3 Å².